The van der Waals surface area contributed by atoms with Gasteiger partial charge in [0.25, 0.3) is 0 Å². The quantitative estimate of drug-likeness (QED) is 0.778. The molecule has 0 radical (unpaired) electrons. The van der Waals surface area contributed by atoms with E-state index in [1.54, 1.807) is 18.2 Å². The fraction of sp³-hybridized carbons (Fsp3) is 0.118. The fourth-order valence-electron chi connectivity index (χ4n) is 2.10. The van der Waals surface area contributed by atoms with Gasteiger partial charge in [0.2, 0.25) is 5.91 Å². The van der Waals surface area contributed by atoms with E-state index in [-0.39, 0.29) is 5.91 Å². The Balaban J connectivity index is 1.68. The van der Waals surface area contributed by atoms with Crippen molar-refractivity contribution >= 4 is 45.2 Å². The first-order chi connectivity index (χ1) is 11.1. The highest BCUT2D eigenvalue weighted by Crippen LogP contribution is 2.31. The topological polar surface area (TPSA) is 47.6 Å². The molecule has 118 valence electrons. The Morgan fingerprint density at radius 2 is 1.91 bits per heavy atom. The minimum atomic E-state index is -0.260. The lowest BCUT2D eigenvalue weighted by Crippen LogP contribution is -2.15. The van der Waals surface area contributed by atoms with E-state index >= 15 is 0 Å². The molecule has 6 heteroatoms. The molecule has 0 saturated heterocycles. The number of anilines is 1. The van der Waals surface area contributed by atoms with Crippen LogP contribution < -0.4 is 14.8 Å². The Bertz CT molecular complexity index is 776. The van der Waals surface area contributed by atoms with Gasteiger partial charge in [-0.2, -0.15) is 0 Å². The smallest absolute Gasteiger partial charge is 0.248 e. The molecule has 1 heterocycles. The van der Waals surface area contributed by atoms with Crippen LogP contribution in [-0.4, -0.2) is 19.1 Å². The summed E-state index contributed by atoms with van der Waals surface area (Å²) in [7, 11) is 0. The van der Waals surface area contributed by atoms with Crippen LogP contribution in [0.4, 0.5) is 5.69 Å². The maximum atomic E-state index is 12.0. The minimum absolute atomic E-state index is 0.260. The highest BCUT2D eigenvalue weighted by Gasteiger charge is 2.11. The highest BCUT2D eigenvalue weighted by molar-refractivity contribution is 9.10. The van der Waals surface area contributed by atoms with Crippen molar-refractivity contribution in [3.8, 4) is 11.5 Å². The summed E-state index contributed by atoms with van der Waals surface area (Å²) < 4.78 is 11.8. The van der Waals surface area contributed by atoms with Gasteiger partial charge in [0.05, 0.1) is 10.7 Å². The summed E-state index contributed by atoms with van der Waals surface area (Å²) >= 11 is 9.39. The van der Waals surface area contributed by atoms with Crippen molar-refractivity contribution in [1.29, 1.82) is 0 Å². The summed E-state index contributed by atoms with van der Waals surface area (Å²) in [6.07, 6.45) is 3.16. The predicted octanol–water partition coefficient (Wildman–Crippen LogP) is 4.53. The lowest BCUT2D eigenvalue weighted by Gasteiger charge is -2.18. The van der Waals surface area contributed by atoms with Crippen LogP contribution in [0.1, 0.15) is 5.56 Å². The number of benzene rings is 2. The molecule has 3 rings (SSSR count). The van der Waals surface area contributed by atoms with Gasteiger partial charge in [0.15, 0.2) is 11.5 Å². The summed E-state index contributed by atoms with van der Waals surface area (Å²) in [5.41, 5.74) is 1.41. The Hall–Kier alpha value is -1.98. The SMILES string of the molecule is O=C(/C=C/c1ccc2c(c1)OCCO2)Nc1ccc(Br)cc1Cl. The Kier molecular flexibility index (Phi) is 4.88. The predicted molar refractivity (Wildman–Crippen MR) is 94.2 cm³/mol. The maximum absolute atomic E-state index is 12.0. The number of amides is 1. The first-order valence-electron chi connectivity index (χ1n) is 6.95. The van der Waals surface area contributed by atoms with Crippen LogP contribution in [0.2, 0.25) is 5.02 Å². The number of hydrogen-bond donors (Lipinski definition) is 1. The molecule has 1 amide bonds. The molecular formula is C17H13BrClNO3. The molecule has 1 N–H and O–H groups in total. The van der Waals surface area contributed by atoms with Crippen LogP contribution in [0.25, 0.3) is 6.08 Å². The summed E-state index contributed by atoms with van der Waals surface area (Å²) in [6.45, 7) is 1.08. The maximum Gasteiger partial charge on any atom is 0.248 e. The Labute approximate surface area is 147 Å². The number of fused-ring (bicyclic) bond motifs is 1. The molecule has 0 saturated carbocycles. The monoisotopic (exact) mass is 393 g/mol. The average Bonchev–Trinajstić information content (AvgIpc) is 2.55. The van der Waals surface area contributed by atoms with Gasteiger partial charge in [-0.1, -0.05) is 33.6 Å². The van der Waals surface area contributed by atoms with E-state index in [1.165, 1.54) is 6.08 Å². The van der Waals surface area contributed by atoms with Crippen LogP contribution in [0.5, 0.6) is 11.5 Å². The van der Waals surface area contributed by atoms with Crippen LogP contribution in [0, 0.1) is 0 Å². The van der Waals surface area contributed by atoms with Crippen LogP contribution >= 0.6 is 27.5 Å². The van der Waals surface area contributed by atoms with Gasteiger partial charge < -0.3 is 14.8 Å². The zero-order valence-electron chi connectivity index (χ0n) is 12.0. The van der Waals surface area contributed by atoms with Gasteiger partial charge in [-0.25, -0.2) is 0 Å². The molecule has 2 aromatic carbocycles. The third kappa shape index (κ3) is 4.06. The molecule has 0 fully saturated rings. The summed E-state index contributed by atoms with van der Waals surface area (Å²) in [6, 6.07) is 10.8. The summed E-state index contributed by atoms with van der Waals surface area (Å²) in [5, 5.41) is 3.21. The number of nitrogens with one attached hydrogen (secondary N) is 1. The summed E-state index contributed by atoms with van der Waals surface area (Å²) in [5.74, 6) is 1.15. The zero-order chi connectivity index (χ0) is 16.2. The van der Waals surface area contributed by atoms with E-state index in [0.29, 0.717) is 29.7 Å². The third-order valence-corrected chi connectivity index (χ3v) is 3.99. The van der Waals surface area contributed by atoms with Crippen LogP contribution in [0.3, 0.4) is 0 Å². The van der Waals surface area contributed by atoms with Crippen molar-refractivity contribution in [3.05, 3.63) is 57.5 Å². The molecule has 23 heavy (non-hydrogen) atoms. The molecule has 0 unspecified atom stereocenters. The molecule has 1 aliphatic heterocycles. The van der Waals surface area contributed by atoms with E-state index in [2.05, 4.69) is 21.2 Å². The fourth-order valence-corrected chi connectivity index (χ4v) is 2.82. The number of ether oxygens (including phenoxy) is 2. The van der Waals surface area contributed by atoms with Crippen molar-refractivity contribution in [3.63, 3.8) is 0 Å². The second-order valence-electron chi connectivity index (χ2n) is 4.85. The molecule has 2 aromatic rings. The van der Waals surface area contributed by atoms with Gasteiger partial charge in [-0.05, 0) is 42.0 Å². The van der Waals surface area contributed by atoms with Crippen molar-refractivity contribution in [1.82, 2.24) is 0 Å². The van der Waals surface area contributed by atoms with E-state index in [1.807, 2.05) is 24.3 Å². The largest absolute Gasteiger partial charge is 0.486 e. The lowest BCUT2D eigenvalue weighted by atomic mass is 10.2. The van der Waals surface area contributed by atoms with Crippen molar-refractivity contribution in [2.24, 2.45) is 0 Å². The Morgan fingerprint density at radius 1 is 1.13 bits per heavy atom. The highest BCUT2D eigenvalue weighted by atomic mass is 79.9. The molecule has 0 aliphatic carbocycles. The van der Waals surface area contributed by atoms with E-state index in [0.717, 1.165) is 15.8 Å². The van der Waals surface area contributed by atoms with Gasteiger partial charge >= 0.3 is 0 Å². The normalized spacial score (nSPS) is 13.1. The first-order valence-corrected chi connectivity index (χ1v) is 8.13. The minimum Gasteiger partial charge on any atom is -0.486 e. The number of carbonyl (C=O) groups excluding carboxylic acids is 1. The zero-order valence-corrected chi connectivity index (χ0v) is 14.4. The number of hydrogen-bond acceptors (Lipinski definition) is 3. The van der Waals surface area contributed by atoms with Gasteiger partial charge in [0.1, 0.15) is 13.2 Å². The number of halogens is 2. The van der Waals surface area contributed by atoms with Crippen molar-refractivity contribution in [2.45, 2.75) is 0 Å². The molecule has 1 aliphatic rings. The number of carbonyl (C=O) groups is 1. The first kappa shape index (κ1) is 15.9. The van der Waals surface area contributed by atoms with Crippen LogP contribution in [-0.2, 0) is 4.79 Å². The van der Waals surface area contributed by atoms with Gasteiger partial charge in [-0.15, -0.1) is 0 Å². The average molecular weight is 395 g/mol. The standard InChI is InChI=1S/C17H13BrClNO3/c18-12-3-4-14(13(19)10-12)20-17(21)6-2-11-1-5-15-16(9-11)23-8-7-22-15/h1-6,9-10H,7-8H2,(H,20,21)/b6-2+. The van der Waals surface area contributed by atoms with E-state index < -0.39 is 0 Å². The molecular weight excluding hydrogens is 382 g/mol. The number of rotatable bonds is 3. The molecule has 4 nitrogen and oxygen atoms in total. The molecule has 0 aromatic heterocycles. The Morgan fingerprint density at radius 3 is 2.70 bits per heavy atom. The summed E-state index contributed by atoms with van der Waals surface area (Å²) in [4.78, 5) is 12.0. The lowest BCUT2D eigenvalue weighted by molar-refractivity contribution is -0.111. The van der Waals surface area contributed by atoms with Crippen molar-refractivity contribution < 1.29 is 14.3 Å². The molecule has 0 bridgehead atoms. The molecule has 0 atom stereocenters. The van der Waals surface area contributed by atoms with E-state index in [9.17, 15) is 4.79 Å². The van der Waals surface area contributed by atoms with Crippen molar-refractivity contribution in [2.75, 3.05) is 18.5 Å². The second kappa shape index (κ2) is 7.06. The van der Waals surface area contributed by atoms with E-state index in [4.69, 9.17) is 21.1 Å². The second-order valence-corrected chi connectivity index (χ2v) is 6.17. The third-order valence-electron chi connectivity index (χ3n) is 3.18. The van der Waals surface area contributed by atoms with Crippen LogP contribution in [0.15, 0.2) is 46.9 Å². The molecule has 0 spiro atoms. The van der Waals surface area contributed by atoms with Gasteiger partial charge in [-0.3, -0.25) is 4.79 Å². The van der Waals surface area contributed by atoms with Gasteiger partial charge in [0, 0.05) is 10.5 Å².